The normalized spacial score (nSPS) is 10.4. The average molecular weight is 410 g/mol. The van der Waals surface area contributed by atoms with Gasteiger partial charge in [0, 0.05) is 30.5 Å². The van der Waals surface area contributed by atoms with Crippen molar-refractivity contribution in [3.05, 3.63) is 88.5 Å². The summed E-state index contributed by atoms with van der Waals surface area (Å²) in [5.41, 5.74) is 2.78. The number of carbonyl (C=O) groups excluding carboxylic acids is 1. The molecule has 1 aromatic heterocycles. The van der Waals surface area contributed by atoms with Crippen molar-refractivity contribution in [2.24, 2.45) is 0 Å². The van der Waals surface area contributed by atoms with E-state index in [4.69, 9.17) is 0 Å². The molecule has 0 spiro atoms. The van der Waals surface area contributed by atoms with Gasteiger partial charge in [-0.25, -0.2) is 4.98 Å². The van der Waals surface area contributed by atoms with Crippen LogP contribution in [0.25, 0.3) is 0 Å². The van der Waals surface area contributed by atoms with Gasteiger partial charge in [0.15, 0.2) is 0 Å². The van der Waals surface area contributed by atoms with Gasteiger partial charge in [-0.05, 0) is 57.9 Å². The van der Waals surface area contributed by atoms with Crippen LogP contribution >= 0.6 is 15.9 Å². The summed E-state index contributed by atoms with van der Waals surface area (Å²) in [5.74, 6) is 0.540. The zero-order valence-corrected chi connectivity index (χ0v) is 16.3. The van der Waals surface area contributed by atoms with Gasteiger partial charge < -0.3 is 4.90 Å². The van der Waals surface area contributed by atoms with Crippen molar-refractivity contribution in [3.63, 3.8) is 0 Å². The lowest BCUT2D eigenvalue weighted by Gasteiger charge is -2.23. The lowest BCUT2D eigenvalue weighted by atomic mass is 10.1. The van der Waals surface area contributed by atoms with Gasteiger partial charge in [0.1, 0.15) is 5.82 Å². The van der Waals surface area contributed by atoms with Gasteiger partial charge >= 0.3 is 0 Å². The number of aromatic nitrogens is 1. The van der Waals surface area contributed by atoms with E-state index < -0.39 is 0 Å². The molecule has 0 aliphatic rings. The monoisotopic (exact) mass is 409 g/mol. The second-order valence-corrected chi connectivity index (χ2v) is 6.97. The van der Waals surface area contributed by atoms with E-state index in [0.717, 1.165) is 15.7 Å². The molecule has 132 valence electrons. The van der Waals surface area contributed by atoms with E-state index in [2.05, 4.69) is 33.0 Å². The van der Waals surface area contributed by atoms with Crippen molar-refractivity contribution in [1.82, 2.24) is 4.98 Å². The van der Waals surface area contributed by atoms with Gasteiger partial charge in [0.2, 0.25) is 0 Å². The summed E-state index contributed by atoms with van der Waals surface area (Å²) in [5, 5.41) is 0. The Kier molecular flexibility index (Phi) is 5.68. The third kappa shape index (κ3) is 4.11. The van der Waals surface area contributed by atoms with E-state index in [1.165, 1.54) is 0 Å². The Bertz CT molecular complexity index is 879. The highest BCUT2D eigenvalue weighted by atomic mass is 79.9. The molecular formula is C21H20BrN3O. The van der Waals surface area contributed by atoms with Gasteiger partial charge in [-0.1, -0.05) is 30.3 Å². The number of nitrogens with zero attached hydrogens (tertiary/aromatic N) is 3. The first-order chi connectivity index (χ1) is 12.6. The van der Waals surface area contributed by atoms with Crippen LogP contribution in [0.3, 0.4) is 0 Å². The number of rotatable bonds is 5. The first-order valence-electron chi connectivity index (χ1n) is 8.30. The Hall–Kier alpha value is -2.66. The van der Waals surface area contributed by atoms with Crippen LogP contribution in [0.2, 0.25) is 0 Å². The lowest BCUT2D eigenvalue weighted by Crippen LogP contribution is -2.31. The minimum Gasteiger partial charge on any atom is -0.378 e. The molecule has 0 fully saturated rings. The Morgan fingerprint density at radius 2 is 1.65 bits per heavy atom. The molecule has 0 saturated heterocycles. The molecule has 3 rings (SSSR count). The van der Waals surface area contributed by atoms with Crippen LogP contribution in [0.4, 0.5) is 11.5 Å². The summed E-state index contributed by atoms with van der Waals surface area (Å²) >= 11 is 3.48. The summed E-state index contributed by atoms with van der Waals surface area (Å²) < 4.78 is 0.772. The molecule has 0 saturated carbocycles. The molecule has 2 aromatic carbocycles. The third-order valence-electron chi connectivity index (χ3n) is 4.07. The highest BCUT2D eigenvalue weighted by molar-refractivity contribution is 9.10. The van der Waals surface area contributed by atoms with E-state index in [0.29, 0.717) is 17.9 Å². The minimum atomic E-state index is -0.0899. The van der Waals surface area contributed by atoms with Crippen LogP contribution < -0.4 is 9.80 Å². The SMILES string of the molecule is CN(C)c1ccc(CN(C(=O)c2ccccc2Br)c2ccccn2)cc1. The van der Waals surface area contributed by atoms with E-state index in [1.807, 2.05) is 73.6 Å². The van der Waals surface area contributed by atoms with Crippen molar-refractivity contribution in [2.45, 2.75) is 6.54 Å². The fourth-order valence-electron chi connectivity index (χ4n) is 2.63. The fourth-order valence-corrected chi connectivity index (χ4v) is 3.09. The topological polar surface area (TPSA) is 36.4 Å². The molecule has 0 N–H and O–H groups in total. The molecule has 0 atom stereocenters. The standard InChI is InChI=1S/C21H20BrN3O/c1-24(2)17-12-10-16(11-13-17)15-25(20-9-5-6-14-23-20)21(26)18-7-3-4-8-19(18)22/h3-14H,15H2,1-2H3. The fraction of sp³-hybridized carbons (Fsp3) is 0.143. The maximum Gasteiger partial charge on any atom is 0.260 e. The van der Waals surface area contributed by atoms with Gasteiger partial charge in [0.25, 0.3) is 5.91 Å². The molecule has 4 nitrogen and oxygen atoms in total. The van der Waals surface area contributed by atoms with Gasteiger partial charge in [-0.15, -0.1) is 0 Å². The quantitative estimate of drug-likeness (QED) is 0.609. The van der Waals surface area contributed by atoms with E-state index in [1.54, 1.807) is 11.1 Å². The number of pyridine rings is 1. The van der Waals surface area contributed by atoms with Crippen LogP contribution in [-0.4, -0.2) is 25.0 Å². The number of benzene rings is 2. The Morgan fingerprint density at radius 3 is 2.27 bits per heavy atom. The van der Waals surface area contributed by atoms with E-state index in [-0.39, 0.29) is 5.91 Å². The predicted molar refractivity (Wildman–Crippen MR) is 110 cm³/mol. The molecule has 26 heavy (non-hydrogen) atoms. The largest absolute Gasteiger partial charge is 0.378 e. The average Bonchev–Trinajstić information content (AvgIpc) is 2.67. The number of anilines is 2. The van der Waals surface area contributed by atoms with E-state index in [9.17, 15) is 4.79 Å². The Labute approximate surface area is 162 Å². The molecule has 0 bridgehead atoms. The first kappa shape index (κ1) is 18.1. The van der Waals surface area contributed by atoms with Crippen LogP contribution in [0.5, 0.6) is 0 Å². The van der Waals surface area contributed by atoms with Gasteiger partial charge in [0.05, 0.1) is 12.1 Å². The molecule has 1 amide bonds. The molecule has 0 radical (unpaired) electrons. The van der Waals surface area contributed by atoms with E-state index >= 15 is 0 Å². The number of hydrogen-bond donors (Lipinski definition) is 0. The van der Waals surface area contributed by atoms with Gasteiger partial charge in [-0.2, -0.15) is 0 Å². The zero-order valence-electron chi connectivity index (χ0n) is 14.8. The summed E-state index contributed by atoms with van der Waals surface area (Å²) in [6.07, 6.45) is 1.70. The Balaban J connectivity index is 1.94. The lowest BCUT2D eigenvalue weighted by molar-refractivity contribution is 0.0983. The molecule has 1 heterocycles. The van der Waals surface area contributed by atoms with Crippen molar-refractivity contribution in [2.75, 3.05) is 23.9 Å². The first-order valence-corrected chi connectivity index (χ1v) is 9.09. The van der Waals surface area contributed by atoms with Crippen molar-refractivity contribution in [1.29, 1.82) is 0 Å². The highest BCUT2D eigenvalue weighted by Gasteiger charge is 2.21. The smallest absolute Gasteiger partial charge is 0.260 e. The predicted octanol–water partition coefficient (Wildman–Crippen LogP) is 4.76. The van der Waals surface area contributed by atoms with Crippen LogP contribution in [-0.2, 0) is 6.54 Å². The van der Waals surface area contributed by atoms with Crippen molar-refractivity contribution < 1.29 is 4.79 Å². The number of amides is 1. The summed E-state index contributed by atoms with van der Waals surface area (Å²) in [4.78, 5) is 21.3. The number of halogens is 1. The van der Waals surface area contributed by atoms with Gasteiger partial charge in [-0.3, -0.25) is 9.69 Å². The third-order valence-corrected chi connectivity index (χ3v) is 4.76. The summed E-state index contributed by atoms with van der Waals surface area (Å²) in [7, 11) is 4.01. The maximum absolute atomic E-state index is 13.2. The molecule has 0 aliphatic carbocycles. The molecule has 0 unspecified atom stereocenters. The maximum atomic E-state index is 13.2. The highest BCUT2D eigenvalue weighted by Crippen LogP contribution is 2.23. The number of hydrogen-bond acceptors (Lipinski definition) is 3. The second kappa shape index (κ2) is 8.15. The zero-order chi connectivity index (χ0) is 18.5. The van der Waals surface area contributed by atoms with Crippen LogP contribution in [0.15, 0.2) is 77.4 Å². The molecule has 3 aromatic rings. The minimum absolute atomic E-state index is 0.0899. The van der Waals surface area contributed by atoms with Crippen LogP contribution in [0.1, 0.15) is 15.9 Å². The molecular weight excluding hydrogens is 390 g/mol. The molecule has 5 heteroatoms. The number of carbonyl (C=O) groups is 1. The van der Waals surface area contributed by atoms with Crippen LogP contribution in [0, 0.1) is 0 Å². The Morgan fingerprint density at radius 1 is 0.962 bits per heavy atom. The molecule has 0 aliphatic heterocycles. The van der Waals surface area contributed by atoms with Crippen molar-refractivity contribution in [3.8, 4) is 0 Å². The second-order valence-electron chi connectivity index (χ2n) is 6.12. The van der Waals surface area contributed by atoms with Crippen molar-refractivity contribution >= 4 is 33.3 Å². The summed E-state index contributed by atoms with van der Waals surface area (Å²) in [6.45, 7) is 0.449. The summed E-state index contributed by atoms with van der Waals surface area (Å²) in [6, 6.07) is 21.2.